The van der Waals surface area contributed by atoms with Crippen LogP contribution in [0.4, 0.5) is 0 Å². The third-order valence-corrected chi connectivity index (χ3v) is 3.60. The van der Waals surface area contributed by atoms with Crippen molar-refractivity contribution in [2.75, 3.05) is 13.2 Å². The number of aliphatic hydroxyl groups excluding tert-OH is 6. The van der Waals surface area contributed by atoms with Crippen LogP contribution in [0.2, 0.25) is 0 Å². The molecule has 1 rings (SSSR count). The highest BCUT2D eigenvalue weighted by atomic mass is 31.2. The van der Waals surface area contributed by atoms with Crippen LogP contribution in [-0.4, -0.2) is 96.4 Å². The number of rotatable bonds is 6. The van der Waals surface area contributed by atoms with Crippen molar-refractivity contribution in [3.63, 3.8) is 0 Å². The lowest BCUT2D eigenvalue weighted by Crippen LogP contribution is -2.63. The predicted octanol–water partition coefficient (Wildman–Crippen LogP) is -4.34. The molecule has 1 aliphatic heterocycles. The Bertz CT molecular complexity index is 371. The predicted molar refractivity (Wildman–Crippen MR) is 63.8 cm³/mol. The van der Waals surface area contributed by atoms with Gasteiger partial charge in [0.25, 0.3) is 0 Å². The third kappa shape index (κ3) is 4.65. The van der Waals surface area contributed by atoms with Crippen molar-refractivity contribution in [1.82, 2.24) is 0 Å². The molecule has 0 aromatic heterocycles. The topological polar surface area (TPSA) is 197 Å². The van der Waals surface area contributed by atoms with E-state index in [0.29, 0.717) is 0 Å². The molecule has 0 aliphatic carbocycles. The summed E-state index contributed by atoms with van der Waals surface area (Å²) in [5, 5.41) is 56.4. The van der Waals surface area contributed by atoms with Gasteiger partial charge in [0, 0.05) is 0 Å². The molecule has 0 saturated carbocycles. The lowest BCUT2D eigenvalue weighted by Gasteiger charge is -2.43. The Morgan fingerprint density at radius 1 is 1.10 bits per heavy atom. The first kappa shape index (κ1) is 18.9. The van der Waals surface area contributed by atoms with E-state index in [1.807, 2.05) is 0 Å². The summed E-state index contributed by atoms with van der Waals surface area (Å²) < 4.78 is 20.2. The largest absolute Gasteiger partial charge is 0.470 e. The minimum Gasteiger partial charge on any atom is -0.394 e. The Balaban J connectivity index is 3.01. The lowest BCUT2D eigenvalue weighted by atomic mass is 9.91. The summed E-state index contributed by atoms with van der Waals surface area (Å²) in [5.41, 5.74) is 0. The Labute approximate surface area is 119 Å². The highest BCUT2D eigenvalue weighted by Gasteiger charge is 2.49. The molecule has 3 unspecified atom stereocenters. The molecule has 0 aromatic carbocycles. The average molecular weight is 334 g/mol. The fourth-order valence-corrected chi connectivity index (χ4v) is 2.59. The summed E-state index contributed by atoms with van der Waals surface area (Å²) >= 11 is 0. The molecule has 7 atom stereocenters. The summed E-state index contributed by atoms with van der Waals surface area (Å²) in [6.45, 7) is -1.74. The van der Waals surface area contributed by atoms with Gasteiger partial charge in [0.05, 0.1) is 13.2 Å². The normalized spacial score (nSPS) is 37.2. The van der Waals surface area contributed by atoms with E-state index in [1.54, 1.807) is 0 Å². The van der Waals surface area contributed by atoms with Crippen molar-refractivity contribution in [3.05, 3.63) is 0 Å². The van der Waals surface area contributed by atoms with Crippen LogP contribution >= 0.6 is 7.82 Å². The summed E-state index contributed by atoms with van der Waals surface area (Å²) in [7, 11) is -5.11. The van der Waals surface area contributed by atoms with E-state index in [0.717, 1.165) is 0 Å². The van der Waals surface area contributed by atoms with Crippen LogP contribution in [0.15, 0.2) is 0 Å². The van der Waals surface area contributed by atoms with Gasteiger partial charge in [-0.2, -0.15) is 0 Å². The first-order valence-corrected chi connectivity index (χ1v) is 7.48. The van der Waals surface area contributed by atoms with Gasteiger partial charge in [-0.05, 0) is 0 Å². The Morgan fingerprint density at radius 3 is 2.10 bits per heavy atom. The molecule has 1 heterocycles. The molecule has 1 fully saturated rings. The fourth-order valence-electron chi connectivity index (χ4n) is 2.01. The molecular weight excluding hydrogens is 315 g/mol. The monoisotopic (exact) mass is 334 g/mol. The van der Waals surface area contributed by atoms with Gasteiger partial charge in [-0.15, -0.1) is 0 Å². The van der Waals surface area contributed by atoms with Crippen molar-refractivity contribution in [1.29, 1.82) is 0 Å². The Kier molecular flexibility index (Phi) is 6.65. The van der Waals surface area contributed by atoms with Crippen molar-refractivity contribution >= 4 is 7.82 Å². The summed E-state index contributed by atoms with van der Waals surface area (Å²) in [6, 6.07) is 0. The van der Waals surface area contributed by atoms with E-state index < -0.39 is 63.8 Å². The molecular formula is C9H19O11P. The van der Waals surface area contributed by atoms with Crippen LogP contribution < -0.4 is 0 Å². The first-order valence-electron chi connectivity index (χ1n) is 5.95. The fraction of sp³-hybridized carbons (Fsp3) is 1.00. The van der Waals surface area contributed by atoms with Gasteiger partial charge in [0.1, 0.15) is 42.7 Å². The minimum atomic E-state index is -5.11. The third-order valence-electron chi connectivity index (χ3n) is 3.08. The Hall–Kier alpha value is -0.170. The maximum absolute atomic E-state index is 10.9. The lowest BCUT2D eigenvalue weighted by molar-refractivity contribution is -0.256. The highest BCUT2D eigenvalue weighted by molar-refractivity contribution is 7.46. The molecule has 0 radical (unpaired) electrons. The zero-order chi connectivity index (χ0) is 16.4. The minimum absolute atomic E-state index is 0.765. The van der Waals surface area contributed by atoms with E-state index in [1.165, 1.54) is 0 Å². The molecule has 0 bridgehead atoms. The Morgan fingerprint density at radius 2 is 1.67 bits per heavy atom. The molecule has 11 nitrogen and oxygen atoms in total. The van der Waals surface area contributed by atoms with Crippen LogP contribution in [-0.2, 0) is 13.8 Å². The maximum atomic E-state index is 10.9. The van der Waals surface area contributed by atoms with Gasteiger partial charge in [0.2, 0.25) is 0 Å². The van der Waals surface area contributed by atoms with E-state index >= 15 is 0 Å². The molecule has 8 N–H and O–H groups in total. The number of hydrogen-bond donors (Lipinski definition) is 8. The highest BCUT2D eigenvalue weighted by Crippen LogP contribution is 2.41. The number of hydrogen-bond acceptors (Lipinski definition) is 9. The second kappa shape index (κ2) is 7.40. The molecule has 0 amide bonds. The zero-order valence-electron chi connectivity index (χ0n) is 10.7. The number of aliphatic hydroxyl groups is 6. The van der Waals surface area contributed by atoms with Crippen molar-refractivity contribution in [2.24, 2.45) is 0 Å². The number of phosphoric ester groups is 1. The second-order valence-corrected chi connectivity index (χ2v) is 5.80. The van der Waals surface area contributed by atoms with Gasteiger partial charge < -0.3 is 45.2 Å². The molecule has 21 heavy (non-hydrogen) atoms. The first-order chi connectivity index (χ1) is 9.62. The van der Waals surface area contributed by atoms with Crippen LogP contribution in [0.1, 0.15) is 0 Å². The van der Waals surface area contributed by atoms with Crippen LogP contribution in [0.25, 0.3) is 0 Å². The van der Waals surface area contributed by atoms with Gasteiger partial charge in [-0.1, -0.05) is 0 Å². The van der Waals surface area contributed by atoms with Crippen molar-refractivity contribution in [3.8, 4) is 0 Å². The summed E-state index contributed by atoms with van der Waals surface area (Å²) in [4.78, 5) is 17.6. The van der Waals surface area contributed by atoms with E-state index in [4.69, 9.17) is 24.7 Å². The van der Waals surface area contributed by atoms with Gasteiger partial charge in [-0.25, -0.2) is 4.57 Å². The van der Waals surface area contributed by atoms with Crippen molar-refractivity contribution < 1.29 is 54.3 Å². The van der Waals surface area contributed by atoms with E-state index in [2.05, 4.69) is 4.52 Å². The van der Waals surface area contributed by atoms with Crippen molar-refractivity contribution in [2.45, 2.75) is 42.7 Å². The molecule has 126 valence electrons. The molecule has 1 saturated heterocycles. The van der Waals surface area contributed by atoms with Gasteiger partial charge in [-0.3, -0.25) is 4.52 Å². The van der Waals surface area contributed by atoms with E-state index in [-0.39, 0.29) is 0 Å². The zero-order valence-corrected chi connectivity index (χ0v) is 11.6. The standard InChI is InChI=1S/C9H19O11P/c10-1-3(12)8(20-21(16,17)18)9-7(15)6(14)5(13)4(2-11)19-9/h3-15H,1-2H2,(H2,16,17,18)/t3?,4-,5-,6+,7-,8?,9?/m1/s1. The number of phosphoric acid groups is 1. The van der Waals surface area contributed by atoms with Crippen LogP contribution in [0, 0.1) is 0 Å². The van der Waals surface area contributed by atoms with Gasteiger partial charge >= 0.3 is 7.82 Å². The molecule has 12 heteroatoms. The molecule has 0 aromatic rings. The second-order valence-electron chi connectivity index (χ2n) is 4.60. The SMILES string of the molecule is O=P(O)(O)OC(C(O)CO)C1O[C@H](CO)[C@@H](O)[C@H](O)[C@H]1O. The summed E-state index contributed by atoms with van der Waals surface area (Å²) in [6.07, 6.45) is -12.2. The van der Waals surface area contributed by atoms with E-state index in [9.17, 15) is 25.0 Å². The van der Waals surface area contributed by atoms with Crippen LogP contribution in [0.3, 0.4) is 0 Å². The van der Waals surface area contributed by atoms with Gasteiger partial charge in [0.15, 0.2) is 0 Å². The smallest absolute Gasteiger partial charge is 0.394 e. The molecule has 0 spiro atoms. The maximum Gasteiger partial charge on any atom is 0.470 e. The van der Waals surface area contributed by atoms with Crippen LogP contribution in [0.5, 0.6) is 0 Å². The summed E-state index contributed by atoms with van der Waals surface area (Å²) in [5.74, 6) is 0. The average Bonchev–Trinajstić information content (AvgIpc) is 2.41. The quantitative estimate of drug-likeness (QED) is 0.218. The number of ether oxygens (including phenoxy) is 1. The molecule has 1 aliphatic rings.